The standard InChI is InChI=1S/C5H7NO3/c1-3(4(2)7)5(8)9-6/h1,6H2,2H3. The molecule has 4 nitrogen and oxygen atoms in total. The zero-order valence-corrected chi connectivity index (χ0v) is 5.01. The van der Waals surface area contributed by atoms with Crippen molar-refractivity contribution in [3.63, 3.8) is 0 Å². The maximum absolute atomic E-state index is 10.3. The third-order valence-electron chi connectivity index (χ3n) is 0.778. The lowest BCUT2D eigenvalue weighted by Crippen LogP contribution is -2.15. The first-order valence-electron chi connectivity index (χ1n) is 2.20. The molecule has 0 saturated carbocycles. The zero-order chi connectivity index (χ0) is 7.44. The minimum absolute atomic E-state index is 0.238. The lowest BCUT2D eigenvalue weighted by molar-refractivity contribution is -0.140. The fourth-order valence-electron chi connectivity index (χ4n) is 0.215. The van der Waals surface area contributed by atoms with Gasteiger partial charge in [-0.25, -0.2) is 4.79 Å². The molecule has 50 valence electrons. The molecular weight excluding hydrogens is 122 g/mol. The fourth-order valence-corrected chi connectivity index (χ4v) is 0.215. The van der Waals surface area contributed by atoms with E-state index in [4.69, 9.17) is 0 Å². The second kappa shape index (κ2) is 2.99. The smallest absolute Gasteiger partial charge is 0.359 e. The van der Waals surface area contributed by atoms with Crippen LogP contribution in [0.1, 0.15) is 6.92 Å². The molecule has 0 spiro atoms. The van der Waals surface area contributed by atoms with Crippen LogP contribution in [0.25, 0.3) is 0 Å². The molecule has 0 heterocycles. The second-order valence-corrected chi connectivity index (χ2v) is 1.44. The van der Waals surface area contributed by atoms with Crippen LogP contribution in [0.5, 0.6) is 0 Å². The van der Waals surface area contributed by atoms with Gasteiger partial charge in [0, 0.05) is 0 Å². The highest BCUT2D eigenvalue weighted by Gasteiger charge is 2.10. The molecule has 0 rings (SSSR count). The summed E-state index contributed by atoms with van der Waals surface area (Å²) in [5.74, 6) is 3.12. The van der Waals surface area contributed by atoms with E-state index >= 15 is 0 Å². The van der Waals surface area contributed by atoms with Gasteiger partial charge in [0.15, 0.2) is 5.78 Å². The van der Waals surface area contributed by atoms with E-state index in [0.717, 1.165) is 0 Å². The molecule has 0 aliphatic heterocycles. The number of carbonyl (C=O) groups excluding carboxylic acids is 2. The van der Waals surface area contributed by atoms with E-state index in [-0.39, 0.29) is 5.57 Å². The van der Waals surface area contributed by atoms with Gasteiger partial charge in [0.2, 0.25) is 0 Å². The third-order valence-corrected chi connectivity index (χ3v) is 0.778. The molecule has 0 aliphatic rings. The number of ketones is 1. The van der Waals surface area contributed by atoms with E-state index in [1.807, 2.05) is 0 Å². The van der Waals surface area contributed by atoms with Crippen LogP contribution >= 0.6 is 0 Å². The number of carbonyl (C=O) groups is 2. The molecule has 0 aromatic carbocycles. The first kappa shape index (κ1) is 7.84. The molecule has 0 saturated heterocycles. The molecule has 9 heavy (non-hydrogen) atoms. The molecule has 0 fully saturated rings. The summed E-state index contributed by atoms with van der Waals surface area (Å²) in [6.45, 7) is 4.33. The van der Waals surface area contributed by atoms with E-state index < -0.39 is 11.8 Å². The molecule has 0 radical (unpaired) electrons. The van der Waals surface area contributed by atoms with Crippen molar-refractivity contribution in [2.24, 2.45) is 5.90 Å². The first-order valence-corrected chi connectivity index (χ1v) is 2.20. The number of Topliss-reactive ketones (excluding diaryl/α,β-unsaturated/α-hetero) is 1. The SMILES string of the molecule is C=C(C(C)=O)C(=O)ON. The van der Waals surface area contributed by atoms with Crippen molar-refractivity contribution >= 4 is 11.8 Å². The van der Waals surface area contributed by atoms with E-state index in [0.29, 0.717) is 0 Å². The summed E-state index contributed by atoms with van der Waals surface area (Å²) < 4.78 is 0. The Bertz CT molecular complexity index is 162. The lowest BCUT2D eigenvalue weighted by Gasteiger charge is -1.94. The van der Waals surface area contributed by atoms with Gasteiger partial charge in [-0.3, -0.25) is 4.79 Å². The summed E-state index contributed by atoms with van der Waals surface area (Å²) in [5.41, 5.74) is -0.238. The summed E-state index contributed by atoms with van der Waals surface area (Å²) in [7, 11) is 0. The second-order valence-electron chi connectivity index (χ2n) is 1.44. The zero-order valence-electron chi connectivity index (χ0n) is 5.01. The van der Waals surface area contributed by atoms with Gasteiger partial charge in [0.05, 0.1) is 5.57 Å². The van der Waals surface area contributed by atoms with Gasteiger partial charge in [-0.2, -0.15) is 5.90 Å². The maximum Gasteiger partial charge on any atom is 0.359 e. The Morgan fingerprint density at radius 3 is 2.11 bits per heavy atom. The number of nitrogens with two attached hydrogens (primary N) is 1. The molecule has 0 amide bonds. The average molecular weight is 129 g/mol. The molecule has 0 aliphatic carbocycles. The van der Waals surface area contributed by atoms with Gasteiger partial charge >= 0.3 is 5.97 Å². The molecule has 0 bridgehead atoms. The molecule has 2 N–H and O–H groups in total. The molecule has 0 aromatic rings. The Morgan fingerprint density at radius 1 is 1.56 bits per heavy atom. The molecule has 4 heteroatoms. The highest BCUT2D eigenvalue weighted by molar-refractivity contribution is 6.15. The van der Waals surface area contributed by atoms with Crippen molar-refractivity contribution in [2.75, 3.05) is 0 Å². The third kappa shape index (κ3) is 2.05. The Kier molecular flexibility index (Phi) is 2.60. The van der Waals surface area contributed by atoms with Gasteiger partial charge in [0.1, 0.15) is 0 Å². The molecule has 0 unspecified atom stereocenters. The van der Waals surface area contributed by atoms with Crippen LogP contribution in [0, 0.1) is 0 Å². The predicted octanol–water partition coefficient (Wildman–Crippen LogP) is -0.451. The molecule has 0 atom stereocenters. The predicted molar refractivity (Wildman–Crippen MR) is 30.1 cm³/mol. The van der Waals surface area contributed by atoms with Crippen molar-refractivity contribution in [1.29, 1.82) is 0 Å². The van der Waals surface area contributed by atoms with Crippen molar-refractivity contribution < 1.29 is 14.4 Å². The Balaban J connectivity index is 4.05. The van der Waals surface area contributed by atoms with Gasteiger partial charge in [0.25, 0.3) is 0 Å². The number of hydrogen-bond donors (Lipinski definition) is 1. The Labute approximate surface area is 52.2 Å². The first-order chi connectivity index (χ1) is 4.09. The van der Waals surface area contributed by atoms with Crippen LogP contribution in [0.4, 0.5) is 0 Å². The van der Waals surface area contributed by atoms with Gasteiger partial charge in [-0.05, 0) is 6.92 Å². The fraction of sp³-hybridized carbons (Fsp3) is 0.200. The summed E-state index contributed by atoms with van der Waals surface area (Å²) in [6.07, 6.45) is 0. The Hall–Kier alpha value is -1.16. The number of hydrogen-bond acceptors (Lipinski definition) is 4. The van der Waals surface area contributed by atoms with Crippen LogP contribution < -0.4 is 5.90 Å². The van der Waals surface area contributed by atoms with Gasteiger partial charge < -0.3 is 4.84 Å². The minimum Gasteiger partial charge on any atom is -0.370 e. The van der Waals surface area contributed by atoms with E-state index in [2.05, 4.69) is 17.3 Å². The summed E-state index contributed by atoms with van der Waals surface area (Å²) in [4.78, 5) is 24.3. The van der Waals surface area contributed by atoms with Crippen molar-refractivity contribution in [2.45, 2.75) is 6.92 Å². The number of rotatable bonds is 2. The lowest BCUT2D eigenvalue weighted by atomic mass is 10.2. The van der Waals surface area contributed by atoms with E-state index in [9.17, 15) is 9.59 Å². The van der Waals surface area contributed by atoms with Crippen molar-refractivity contribution in [3.8, 4) is 0 Å². The van der Waals surface area contributed by atoms with Gasteiger partial charge in [-0.1, -0.05) is 6.58 Å². The molecule has 0 aromatic heterocycles. The minimum atomic E-state index is -0.887. The van der Waals surface area contributed by atoms with Crippen LogP contribution in [-0.4, -0.2) is 11.8 Å². The summed E-state index contributed by atoms with van der Waals surface area (Å²) in [5, 5.41) is 0. The van der Waals surface area contributed by atoms with Crippen molar-refractivity contribution in [1.82, 2.24) is 0 Å². The van der Waals surface area contributed by atoms with Crippen LogP contribution in [0.15, 0.2) is 12.2 Å². The highest BCUT2D eigenvalue weighted by Crippen LogP contribution is 1.92. The Morgan fingerprint density at radius 2 is 2.00 bits per heavy atom. The largest absolute Gasteiger partial charge is 0.370 e. The summed E-state index contributed by atoms with van der Waals surface area (Å²) >= 11 is 0. The van der Waals surface area contributed by atoms with Crippen molar-refractivity contribution in [3.05, 3.63) is 12.2 Å². The van der Waals surface area contributed by atoms with Crippen LogP contribution in [0.3, 0.4) is 0 Å². The van der Waals surface area contributed by atoms with E-state index in [1.54, 1.807) is 0 Å². The monoisotopic (exact) mass is 129 g/mol. The van der Waals surface area contributed by atoms with Crippen LogP contribution in [0.2, 0.25) is 0 Å². The van der Waals surface area contributed by atoms with Crippen LogP contribution in [-0.2, 0) is 14.4 Å². The maximum atomic E-state index is 10.3. The molecular formula is C5H7NO3. The quantitative estimate of drug-likeness (QED) is 0.237. The normalized spacial score (nSPS) is 8.22. The topological polar surface area (TPSA) is 69.4 Å². The highest BCUT2D eigenvalue weighted by atomic mass is 16.7. The average Bonchev–Trinajstić information content (AvgIpc) is 1.84. The summed E-state index contributed by atoms with van der Waals surface area (Å²) in [6, 6.07) is 0. The van der Waals surface area contributed by atoms with Gasteiger partial charge in [-0.15, -0.1) is 0 Å². The van der Waals surface area contributed by atoms with E-state index in [1.165, 1.54) is 6.92 Å².